The van der Waals surface area contributed by atoms with Crippen molar-refractivity contribution in [3.63, 3.8) is 0 Å². The summed E-state index contributed by atoms with van der Waals surface area (Å²) in [6, 6.07) is -15.3. The summed E-state index contributed by atoms with van der Waals surface area (Å²) < 4.78 is 569. The van der Waals surface area contributed by atoms with Crippen molar-refractivity contribution >= 4 is 23.1 Å². The first-order chi connectivity index (χ1) is 69.7. The fraction of sp³-hybridized carbons (Fsp3) is 0.641. The molecule has 8 aliphatic heterocycles. The van der Waals surface area contributed by atoms with Crippen LogP contribution < -0.4 is 37.9 Å². The predicted molar refractivity (Wildman–Crippen MR) is 370 cm³/mol. The topological polar surface area (TPSA) is 155 Å². The number of nitrogens with zero attached hydrogens (tertiary/aromatic N) is 4. The van der Waals surface area contributed by atoms with Gasteiger partial charge in [-0.05, 0) is 168 Å². The maximum Gasteiger partial charge on any atom is 0.161 e. The van der Waals surface area contributed by atoms with Crippen molar-refractivity contribution in [2.24, 2.45) is 47.2 Å². The number of ether oxygens (including phenoxy) is 8. The van der Waals surface area contributed by atoms with Crippen LogP contribution in [-0.4, -0.2) is 151 Å². The van der Waals surface area contributed by atoms with Crippen LogP contribution in [0.15, 0.2) is 48.4 Å². The molecule has 8 aliphatic rings. The van der Waals surface area contributed by atoms with E-state index >= 15 is 0 Å². The van der Waals surface area contributed by atoms with E-state index in [0.717, 1.165) is 45.4 Å². The Labute approximate surface area is 652 Å². The van der Waals surface area contributed by atoms with Gasteiger partial charge in [-0.25, -0.2) is 0 Å². The van der Waals surface area contributed by atoms with Crippen molar-refractivity contribution in [3.05, 3.63) is 92.9 Å². The molecule has 4 aromatic carbocycles. The Balaban J connectivity index is 0.000000235. The SMILES string of the molecule is [2H]C([2H])([2H])Oc1cc2c(cc1OC([2H])([2H])[2H])C1CC(=O)C(CC(C)C)CN1CC2.[2H]c1c(OC([2H])([2H])[2H])c(OC)c([2H])c2c1C([2H])([2H])C([2H])([2H])N1C([2H])([2H])C([2H])(C([2H])([2H])C([2H])(C([2H])([2H])[2H])C([2H])([2H])C)C(=O)C([2H])([2H])C21[2H].[2H]c1c(OC([2H])([2H])[2H])c(OC)c([2H])c2c1C([2H])([2H])C([2H])([2H])N1C([2H])([2H])C([2H])(CC(C)C)C(=O)C([2H])([2H])C21[2H].[2H]c1c(OC)c(OC([2H])([2H])[2H])c([2H])c2c1C1([2H])CC(=O)C(C([2H])([2H])C([2H])(C([2H])([2H])[2H])C([2H])([2H])C)C([2H])([2H])N1C([2H])([2H])C2([2H])[2H]. The minimum Gasteiger partial charge on any atom is -0.493 e. The van der Waals surface area contributed by atoms with Gasteiger partial charge in [0.2, 0.25) is 0 Å². The number of methoxy groups -OCH3 is 8. The number of piperidine rings is 4. The lowest BCUT2D eigenvalue weighted by Gasteiger charge is -2.43. The molecule has 8 heterocycles. The van der Waals surface area contributed by atoms with Crippen molar-refractivity contribution in [3.8, 4) is 46.0 Å². The Morgan fingerprint density at radius 3 is 1.45 bits per heavy atom. The van der Waals surface area contributed by atoms with E-state index in [1.54, 1.807) is 6.07 Å². The molecule has 10 atom stereocenters. The van der Waals surface area contributed by atoms with Crippen LogP contribution in [0.1, 0.15) is 275 Å². The highest BCUT2D eigenvalue weighted by atomic mass is 16.5. The zero-order valence-corrected chi connectivity index (χ0v) is 52.2. The van der Waals surface area contributed by atoms with Gasteiger partial charge in [0.15, 0.2) is 46.0 Å². The molecule has 4 aromatic rings. The smallest absolute Gasteiger partial charge is 0.161 e. The molecule has 94 heavy (non-hydrogen) atoms. The molecule has 0 aliphatic carbocycles. The van der Waals surface area contributed by atoms with E-state index in [1.807, 2.05) is 0 Å². The number of fused-ring (bicyclic) bond motifs is 12. The van der Waals surface area contributed by atoms with Crippen molar-refractivity contribution in [2.45, 2.75) is 169 Å². The lowest BCUT2D eigenvalue weighted by Crippen LogP contribution is -2.46. The summed E-state index contributed by atoms with van der Waals surface area (Å²) in [5.74, 6) is -31.1. The third-order valence-electron chi connectivity index (χ3n) is 15.0. The second kappa shape index (κ2) is 32.7. The highest BCUT2D eigenvalue weighted by Gasteiger charge is 2.43. The number of ketones is 4. The average molecular weight is 1360 g/mol. The van der Waals surface area contributed by atoms with Crippen molar-refractivity contribution in [1.82, 2.24) is 19.6 Å². The fourth-order valence-corrected chi connectivity index (χ4v) is 10.6. The predicted octanol–water partition coefficient (Wildman–Crippen LogP) is 13.7. The molecule has 0 radical (unpaired) electrons. The highest BCUT2D eigenvalue weighted by Crippen LogP contribution is 2.48. The van der Waals surface area contributed by atoms with Gasteiger partial charge >= 0.3 is 0 Å². The van der Waals surface area contributed by atoms with Crippen LogP contribution in [0.2, 0.25) is 0 Å². The molecule has 4 fully saturated rings. The van der Waals surface area contributed by atoms with Gasteiger partial charge in [0, 0.05) is 180 Å². The molecule has 0 bridgehead atoms. The molecule has 0 amide bonds. The summed E-state index contributed by atoms with van der Waals surface area (Å²) >= 11 is 0. The Morgan fingerprint density at radius 2 is 0.957 bits per heavy atom. The first-order valence-electron chi connectivity index (χ1n) is 60.8. The first kappa shape index (κ1) is 25.9. The Morgan fingerprint density at radius 1 is 0.511 bits per heavy atom. The Bertz CT molecular complexity index is 6240. The van der Waals surface area contributed by atoms with Gasteiger partial charge < -0.3 is 37.9 Å². The van der Waals surface area contributed by atoms with E-state index in [0.29, 0.717) is 39.2 Å². The van der Waals surface area contributed by atoms with Crippen LogP contribution in [0.5, 0.6) is 46.0 Å². The zero-order chi connectivity index (χ0) is 124. The van der Waals surface area contributed by atoms with Crippen LogP contribution in [-0.2, 0) is 44.7 Å². The number of carbonyl (C=O) groups is 4. The second-order valence-corrected chi connectivity index (χ2v) is 22.0. The number of hydrogen-bond donors (Lipinski definition) is 0. The molecule has 16 heteroatoms. The lowest BCUT2D eigenvalue weighted by atomic mass is 9.79. The van der Waals surface area contributed by atoms with Gasteiger partial charge in [0.25, 0.3) is 0 Å². The van der Waals surface area contributed by atoms with Gasteiger partial charge in [-0.1, -0.05) is 68.0 Å². The molecule has 4 saturated heterocycles. The van der Waals surface area contributed by atoms with Gasteiger partial charge in [-0.2, -0.15) is 0 Å². The van der Waals surface area contributed by atoms with Crippen LogP contribution in [0.3, 0.4) is 0 Å². The van der Waals surface area contributed by atoms with Gasteiger partial charge in [-0.15, -0.1) is 0 Å². The average Bonchev–Trinajstić information content (AvgIpc) is 0.633. The fourth-order valence-electron chi connectivity index (χ4n) is 10.6. The summed E-state index contributed by atoms with van der Waals surface area (Å²) in [5, 5.41) is 0. The summed E-state index contributed by atoms with van der Waals surface area (Å²) in [7, 11) is -12.8. The maximum atomic E-state index is 14.1. The molecule has 0 N–H and O–H groups in total. The zero-order valence-electron chi connectivity index (χ0n) is 116. The quantitative estimate of drug-likeness (QED) is 0.0926. The maximum absolute atomic E-state index is 14.1. The molecular weight excluding hydrogens is 1180 g/mol. The number of benzene rings is 4. The Hall–Kier alpha value is -6.20. The number of hydrogen-bond acceptors (Lipinski definition) is 16. The van der Waals surface area contributed by atoms with E-state index < -0.39 is 338 Å². The van der Waals surface area contributed by atoms with E-state index in [4.69, 9.17) is 122 Å². The lowest BCUT2D eigenvalue weighted by molar-refractivity contribution is -0.130. The van der Waals surface area contributed by atoms with E-state index in [1.165, 1.54) is 19.9 Å². The molecular formula is C78H112N4O12. The second-order valence-electron chi connectivity index (χ2n) is 22.0. The summed E-state index contributed by atoms with van der Waals surface area (Å²) in [6.45, 7) is -22.2. The van der Waals surface area contributed by atoms with Crippen LogP contribution >= 0.6 is 0 Å². The first-order valence-corrected chi connectivity index (χ1v) is 28.8. The molecule has 0 saturated carbocycles. The third kappa shape index (κ3) is 16.4. The molecule has 516 valence electrons. The molecule has 10 unspecified atom stereocenters. The van der Waals surface area contributed by atoms with Crippen LogP contribution in [0, 0.1) is 47.2 Å². The third-order valence-corrected chi connectivity index (χ3v) is 15.0. The molecule has 0 spiro atoms. The molecule has 16 nitrogen and oxygen atoms in total. The minimum absolute atomic E-state index is 0.0177. The van der Waals surface area contributed by atoms with E-state index in [-0.39, 0.29) is 39.0 Å². The largest absolute Gasteiger partial charge is 0.493 e. The highest BCUT2D eigenvalue weighted by molar-refractivity contribution is 5.85. The molecule has 0 aromatic heterocycles. The van der Waals surface area contributed by atoms with Crippen LogP contribution in [0.4, 0.5) is 0 Å². The number of rotatable bonds is 18. The van der Waals surface area contributed by atoms with E-state index in [9.17, 15) is 23.3 Å². The van der Waals surface area contributed by atoms with Gasteiger partial charge in [0.05, 0.1) is 89.4 Å². The van der Waals surface area contributed by atoms with Crippen molar-refractivity contribution < 1.29 is 145 Å². The monoisotopic (exact) mass is 1360 g/mol. The number of carbonyl (C=O) groups excluding carboxylic acids is 4. The van der Waals surface area contributed by atoms with Crippen LogP contribution in [0.25, 0.3) is 0 Å². The van der Waals surface area contributed by atoms with Gasteiger partial charge in [-0.3, -0.25) is 38.8 Å². The van der Waals surface area contributed by atoms with Gasteiger partial charge in [0.1, 0.15) is 23.1 Å². The van der Waals surface area contributed by atoms with Crippen molar-refractivity contribution in [1.29, 1.82) is 0 Å². The number of Topliss-reactive ketones (excluding diaryl/α,β-unsaturated/α-hetero) is 4. The van der Waals surface area contributed by atoms with E-state index in [2.05, 4.69) is 18.7 Å². The molecule has 12 rings (SSSR count). The summed E-state index contributed by atoms with van der Waals surface area (Å²) in [4.78, 5) is 55.3. The standard InChI is InChI=1S/2C20H29NO3.2C19H27NO3/c2*1-5-13(2)8-15-12-21-7-6-14-9-19(23-3)20(24-4)10-16(14)17(21)11-18(15)22;2*1-12(2)7-14-11-20-6-5-13-8-18(22-3)19(23-4)9-15(13)16(20)10-17(14)21/h2*9-10,13,15,17H,5-8,11-12H2,1-4H3;2*8-9,12,14,16H,5-7,10-11H2,1-4H3/i2D3,3D3,5D2,6D2,7D2,8D2,9D,10D,11D2,12D2,13D,15D,17D;2D3,3D3,5D2,6D2,7D2,8D2,9D,10D,12D2,13D,17D;3D3,5D2,6D2,8D,9D,10D2,11D2,14D,16D;3D3,4D3. The summed E-state index contributed by atoms with van der Waals surface area (Å²) in [6.07, 6.45) is -34.7. The summed E-state index contributed by atoms with van der Waals surface area (Å²) in [5.41, 5.74) is -5.73. The normalized spacial score (nSPS) is 46.6. The minimum atomic E-state index is -4.69. The van der Waals surface area contributed by atoms with Crippen molar-refractivity contribution in [2.75, 3.05) is 109 Å². The Kier molecular flexibility index (Phi) is 9.01.